The van der Waals surface area contributed by atoms with E-state index in [9.17, 15) is 0 Å². The van der Waals surface area contributed by atoms with E-state index in [0.717, 1.165) is 29.5 Å². The summed E-state index contributed by atoms with van der Waals surface area (Å²) < 4.78 is 0. The number of rotatable bonds is 4. The molecule has 5 heteroatoms. The van der Waals surface area contributed by atoms with Gasteiger partial charge in [-0.25, -0.2) is 4.98 Å². The van der Waals surface area contributed by atoms with E-state index in [1.165, 1.54) is 0 Å². The van der Waals surface area contributed by atoms with Crippen LogP contribution in [0.25, 0.3) is 10.7 Å². The highest BCUT2D eigenvalue weighted by molar-refractivity contribution is 7.13. The number of imidazole rings is 1. The number of thiazole rings is 1. The maximum atomic E-state index is 4.29. The lowest BCUT2D eigenvalue weighted by Crippen LogP contribution is -2.11. The predicted molar refractivity (Wildman–Crippen MR) is 57.1 cm³/mol. The zero-order valence-electron chi connectivity index (χ0n) is 7.95. The summed E-state index contributed by atoms with van der Waals surface area (Å²) in [7, 11) is 0. The summed E-state index contributed by atoms with van der Waals surface area (Å²) in [4.78, 5) is 12.6. The Morgan fingerprint density at radius 1 is 1.50 bits per heavy atom. The minimum Gasteiger partial charge on any atom is -0.340 e. The van der Waals surface area contributed by atoms with E-state index in [1.54, 1.807) is 11.3 Å². The zero-order chi connectivity index (χ0) is 9.80. The molecule has 2 heterocycles. The molecule has 0 aliphatic heterocycles. The Bertz CT molecular complexity index is 379. The molecule has 14 heavy (non-hydrogen) atoms. The van der Waals surface area contributed by atoms with Crippen molar-refractivity contribution in [3.63, 3.8) is 0 Å². The van der Waals surface area contributed by atoms with Crippen molar-refractivity contribution in [2.45, 2.75) is 13.5 Å². The van der Waals surface area contributed by atoms with E-state index >= 15 is 0 Å². The molecule has 0 atom stereocenters. The first-order chi connectivity index (χ1) is 6.90. The molecule has 4 nitrogen and oxygen atoms in total. The lowest BCUT2D eigenvalue weighted by molar-refractivity contribution is 0.714. The molecule has 0 saturated carbocycles. The highest BCUT2D eigenvalue weighted by Gasteiger charge is 2.03. The van der Waals surface area contributed by atoms with Crippen LogP contribution in [0.2, 0.25) is 0 Å². The van der Waals surface area contributed by atoms with E-state index in [2.05, 4.69) is 27.2 Å². The Hall–Kier alpha value is -1.20. The van der Waals surface area contributed by atoms with Gasteiger partial charge in [-0.05, 0) is 6.54 Å². The number of nitrogens with zero attached hydrogens (tertiary/aromatic N) is 2. The van der Waals surface area contributed by atoms with Gasteiger partial charge in [0.25, 0.3) is 0 Å². The molecule has 0 saturated heterocycles. The number of aromatic nitrogens is 3. The molecule has 0 fully saturated rings. The second-order valence-electron chi connectivity index (χ2n) is 2.90. The number of aromatic amines is 1. The van der Waals surface area contributed by atoms with Crippen LogP contribution in [0.5, 0.6) is 0 Å². The summed E-state index contributed by atoms with van der Waals surface area (Å²) >= 11 is 1.59. The lowest BCUT2D eigenvalue weighted by atomic mass is 10.4. The molecule has 2 aromatic rings. The highest BCUT2D eigenvalue weighted by Crippen LogP contribution is 2.19. The Morgan fingerprint density at radius 3 is 3.14 bits per heavy atom. The molecule has 0 unspecified atom stereocenters. The van der Waals surface area contributed by atoms with Gasteiger partial charge in [0.1, 0.15) is 5.82 Å². The predicted octanol–water partition coefficient (Wildman–Crippen LogP) is 1.64. The van der Waals surface area contributed by atoms with Crippen LogP contribution >= 0.6 is 11.3 Å². The third kappa shape index (κ3) is 2.00. The number of H-pyrrole nitrogens is 1. The standard InChI is InChI=1S/C9H12N4S/c1-2-10-3-7-4-12-9(13-7)8-5-11-6-14-8/h4-6,10H,2-3H2,1H3,(H,12,13). The zero-order valence-corrected chi connectivity index (χ0v) is 8.77. The summed E-state index contributed by atoms with van der Waals surface area (Å²) in [6, 6.07) is 0. The largest absolute Gasteiger partial charge is 0.340 e. The lowest BCUT2D eigenvalue weighted by Gasteiger charge is -1.96. The minimum atomic E-state index is 0.836. The van der Waals surface area contributed by atoms with Crippen LogP contribution < -0.4 is 5.32 Å². The van der Waals surface area contributed by atoms with E-state index in [-0.39, 0.29) is 0 Å². The van der Waals surface area contributed by atoms with Crippen molar-refractivity contribution in [3.8, 4) is 10.7 Å². The molecular weight excluding hydrogens is 196 g/mol. The van der Waals surface area contributed by atoms with Crippen LogP contribution in [0.1, 0.15) is 12.6 Å². The van der Waals surface area contributed by atoms with Crippen LogP contribution in [0.15, 0.2) is 17.9 Å². The van der Waals surface area contributed by atoms with Crippen LogP contribution in [0, 0.1) is 0 Å². The van der Waals surface area contributed by atoms with Crippen LogP contribution in [-0.2, 0) is 6.54 Å². The maximum absolute atomic E-state index is 4.29. The SMILES string of the molecule is CCNCc1cnc(-c2cncs2)[nH]1. The number of hydrogen-bond acceptors (Lipinski definition) is 4. The summed E-state index contributed by atoms with van der Waals surface area (Å²) in [6.45, 7) is 3.89. The quantitative estimate of drug-likeness (QED) is 0.803. The molecule has 0 aliphatic rings. The average Bonchev–Trinajstić information content (AvgIpc) is 2.85. The Morgan fingerprint density at radius 2 is 2.43 bits per heavy atom. The van der Waals surface area contributed by atoms with E-state index in [0.29, 0.717) is 0 Å². The summed E-state index contributed by atoms with van der Waals surface area (Å²) in [5.74, 6) is 0.903. The molecule has 0 aliphatic carbocycles. The molecule has 2 N–H and O–H groups in total. The molecule has 74 valence electrons. The van der Waals surface area contributed by atoms with Crippen LogP contribution in [0.4, 0.5) is 0 Å². The average molecular weight is 208 g/mol. The van der Waals surface area contributed by atoms with Crippen molar-refractivity contribution in [2.24, 2.45) is 0 Å². The van der Waals surface area contributed by atoms with Crippen molar-refractivity contribution < 1.29 is 0 Å². The van der Waals surface area contributed by atoms with Crippen molar-refractivity contribution >= 4 is 11.3 Å². The minimum absolute atomic E-state index is 0.836. The van der Waals surface area contributed by atoms with E-state index < -0.39 is 0 Å². The molecule has 2 rings (SSSR count). The van der Waals surface area contributed by atoms with Gasteiger partial charge >= 0.3 is 0 Å². The van der Waals surface area contributed by atoms with Gasteiger partial charge in [0.15, 0.2) is 0 Å². The second kappa shape index (κ2) is 4.34. The van der Waals surface area contributed by atoms with Crippen LogP contribution in [0.3, 0.4) is 0 Å². The van der Waals surface area contributed by atoms with Gasteiger partial charge in [0.05, 0.1) is 10.4 Å². The van der Waals surface area contributed by atoms with Gasteiger partial charge in [-0.1, -0.05) is 6.92 Å². The molecular formula is C9H12N4S. The first kappa shape index (κ1) is 9.36. The Kier molecular flexibility index (Phi) is 2.90. The van der Waals surface area contributed by atoms with Gasteiger partial charge in [-0.15, -0.1) is 11.3 Å². The normalized spacial score (nSPS) is 10.6. The van der Waals surface area contributed by atoms with Gasteiger partial charge in [-0.2, -0.15) is 0 Å². The van der Waals surface area contributed by atoms with E-state index in [1.807, 2.05) is 17.9 Å². The topological polar surface area (TPSA) is 53.6 Å². The summed E-state index contributed by atoms with van der Waals surface area (Å²) in [6.07, 6.45) is 3.68. The second-order valence-corrected chi connectivity index (χ2v) is 3.79. The van der Waals surface area contributed by atoms with Gasteiger partial charge in [0.2, 0.25) is 0 Å². The van der Waals surface area contributed by atoms with Gasteiger partial charge in [-0.3, -0.25) is 4.98 Å². The third-order valence-corrected chi connectivity index (χ3v) is 2.64. The van der Waals surface area contributed by atoms with Crippen molar-refractivity contribution in [1.82, 2.24) is 20.3 Å². The molecule has 0 aromatic carbocycles. The Balaban J connectivity index is 2.10. The summed E-state index contributed by atoms with van der Waals surface area (Å²) in [5.41, 5.74) is 2.91. The number of hydrogen-bond donors (Lipinski definition) is 2. The van der Waals surface area contributed by atoms with Gasteiger partial charge < -0.3 is 10.3 Å². The molecule has 0 amide bonds. The maximum Gasteiger partial charge on any atom is 0.149 e. The fourth-order valence-corrected chi connectivity index (χ4v) is 1.74. The van der Waals surface area contributed by atoms with Crippen molar-refractivity contribution in [2.75, 3.05) is 6.54 Å². The first-order valence-corrected chi connectivity index (χ1v) is 5.41. The molecule has 0 radical (unpaired) electrons. The monoisotopic (exact) mass is 208 g/mol. The highest BCUT2D eigenvalue weighted by atomic mass is 32.1. The molecule has 0 spiro atoms. The van der Waals surface area contributed by atoms with Crippen molar-refractivity contribution in [1.29, 1.82) is 0 Å². The Labute approximate surface area is 86.4 Å². The fourth-order valence-electron chi connectivity index (χ4n) is 1.17. The number of nitrogens with one attached hydrogen (secondary N) is 2. The smallest absolute Gasteiger partial charge is 0.149 e. The third-order valence-electron chi connectivity index (χ3n) is 1.86. The van der Waals surface area contributed by atoms with E-state index in [4.69, 9.17) is 0 Å². The van der Waals surface area contributed by atoms with Crippen molar-refractivity contribution in [3.05, 3.63) is 23.6 Å². The fraction of sp³-hybridized carbons (Fsp3) is 0.333. The molecule has 0 bridgehead atoms. The van der Waals surface area contributed by atoms with Crippen LogP contribution in [-0.4, -0.2) is 21.5 Å². The molecule has 2 aromatic heterocycles. The summed E-state index contributed by atoms with van der Waals surface area (Å²) in [5, 5.41) is 3.24. The van der Waals surface area contributed by atoms with Gasteiger partial charge in [0, 0.05) is 24.6 Å². The first-order valence-electron chi connectivity index (χ1n) is 4.53.